The number of anilines is 3. The first-order chi connectivity index (χ1) is 58.1. The average Bonchev–Trinajstić information content (AvgIpc) is 1.73. The molecule has 1 aromatic heterocycles. The average molecular weight is 1690 g/mol. The van der Waals surface area contributed by atoms with E-state index >= 15 is 0 Å². The molecule has 121 heavy (non-hydrogen) atoms. The van der Waals surface area contributed by atoms with Gasteiger partial charge in [0.2, 0.25) is 17.7 Å². The Morgan fingerprint density at radius 2 is 0.909 bits per heavy atom. The SMILES string of the molecule is CC(CC1(c2ccc(-c3cccc(C#N)c3)cc2)CCN(C(=O)OC(C)(C)C)CC1)C(=O)Nc1ccc(F)c(F)c1.CC(CC1(c2ccc(-c3cccc(C#N)c3)cc2)CCNCC1)C(=O)Nc1ccc(F)c(F)c1.N#Cc1cccc(-c2ccc(C3(OCC(=O)Nc4cc(Cl)cc(Cl)c4)CCN(Cc4ccc(-c5ccc(Cl)cc5)o4)CC3)cc2)c1. The molecule has 0 saturated carbocycles. The van der Waals surface area contributed by atoms with Gasteiger partial charge in [-0.2, -0.15) is 15.8 Å². The fraction of sp³-hybridized carbons (Fsp3) is 0.276. The van der Waals surface area contributed by atoms with Crippen LogP contribution < -0.4 is 21.3 Å². The summed E-state index contributed by atoms with van der Waals surface area (Å²) < 4.78 is 72.1. The van der Waals surface area contributed by atoms with Gasteiger partial charge in [-0.25, -0.2) is 22.4 Å². The molecule has 3 aliphatic rings. The summed E-state index contributed by atoms with van der Waals surface area (Å²) in [6.45, 7) is 13.9. The minimum atomic E-state index is -1.03. The monoisotopic (exact) mass is 1690 g/mol. The summed E-state index contributed by atoms with van der Waals surface area (Å²) in [6.07, 6.45) is 5.19. The summed E-state index contributed by atoms with van der Waals surface area (Å²) >= 11 is 18.3. The van der Waals surface area contributed by atoms with E-state index in [2.05, 4.69) is 92.9 Å². The Kier molecular flexibility index (Phi) is 29.2. The zero-order valence-corrected chi connectivity index (χ0v) is 70.0. The maximum Gasteiger partial charge on any atom is 0.410 e. The van der Waals surface area contributed by atoms with Gasteiger partial charge in [-0.1, -0.05) is 158 Å². The number of ether oxygens (including phenoxy) is 2. The standard InChI is InChI=1S/C37H30Cl3N3O3.C33H35F2N3O3.C28H27F2N3O/c38-30-10-6-27(7-11-30)35-13-12-34(46-35)23-43-16-14-37(15-17-43,45-24-36(44)42-33-20-31(39)19-32(40)21-33)29-8-4-26(5-9-29)28-3-1-2-25(18-28)22-41;1-22(30(39)37-27-12-13-28(34)29(35)19-27)20-33(14-16-38(17-15-33)31(40)41-32(2,3)4)26-10-8-24(9-11-26)25-7-5-6-23(18-25)21-36;1-19(27(34)33-24-9-10-25(29)26(30)16-24)17-28(11-13-32-14-12-28)23-7-5-21(6-8-23)22-4-2-3-20(15-22)18-31/h1-13,18-21H,14-17,23-24H2,(H,42,44);5-13,18-19,22H,14-17,20H2,1-4H3,(H,37,39);2-10,15-16,19,32H,11-14,17H2,1H3,(H,33,34). The number of carbonyl (C=O) groups excluding carboxylic acids is 4. The molecule has 4 heterocycles. The molecule has 14 rings (SSSR count). The third-order valence-electron chi connectivity index (χ3n) is 22.4. The molecule has 2 unspecified atom stereocenters. The van der Waals surface area contributed by atoms with Crippen LogP contribution in [0, 0.1) is 69.1 Å². The predicted molar refractivity (Wildman–Crippen MR) is 466 cm³/mol. The Morgan fingerprint density at radius 1 is 0.471 bits per heavy atom. The molecule has 3 saturated heterocycles. The number of nitrogens with one attached hydrogen (secondary N) is 4. The van der Waals surface area contributed by atoms with Gasteiger partial charge in [0, 0.05) is 87.8 Å². The van der Waals surface area contributed by atoms with Crippen LogP contribution in [0.5, 0.6) is 0 Å². The minimum absolute atomic E-state index is 0.140. The van der Waals surface area contributed by atoms with Gasteiger partial charge in [0.1, 0.15) is 23.7 Å². The lowest BCUT2D eigenvalue weighted by Crippen LogP contribution is -2.48. The second-order valence-electron chi connectivity index (χ2n) is 32.1. The molecule has 10 aromatic carbocycles. The van der Waals surface area contributed by atoms with E-state index < -0.39 is 45.8 Å². The number of rotatable bonds is 21. The summed E-state index contributed by atoms with van der Waals surface area (Å²) in [4.78, 5) is 55.8. The summed E-state index contributed by atoms with van der Waals surface area (Å²) in [5.74, 6) is -3.84. The molecule has 3 fully saturated rings. The minimum Gasteiger partial charge on any atom is -0.460 e. The number of furan rings is 1. The first-order valence-electron chi connectivity index (χ1n) is 40.1. The van der Waals surface area contributed by atoms with Crippen molar-refractivity contribution < 1.29 is 50.6 Å². The first kappa shape index (κ1) is 88.4. The van der Waals surface area contributed by atoms with E-state index in [4.69, 9.17) is 48.7 Å². The van der Waals surface area contributed by atoms with Crippen LogP contribution in [0.1, 0.15) is 125 Å². The lowest BCUT2D eigenvalue weighted by atomic mass is 9.67. The molecule has 0 radical (unpaired) electrons. The zero-order valence-electron chi connectivity index (χ0n) is 67.7. The second kappa shape index (κ2) is 40.0. The van der Waals surface area contributed by atoms with Crippen LogP contribution in [0.2, 0.25) is 15.1 Å². The second-order valence-corrected chi connectivity index (χ2v) is 33.4. The highest BCUT2D eigenvalue weighted by Crippen LogP contribution is 2.45. The Balaban J connectivity index is 0.000000168. The van der Waals surface area contributed by atoms with Gasteiger partial charge in [-0.05, 0) is 261 Å². The molecular weight excluding hydrogens is 1600 g/mol. The number of nitrogens with zero attached hydrogens (tertiary/aromatic N) is 5. The number of carbonyl (C=O) groups is 4. The number of likely N-dealkylation sites (tertiary alicyclic amines) is 2. The number of amides is 4. The third kappa shape index (κ3) is 23.4. The molecule has 4 N–H and O–H groups in total. The summed E-state index contributed by atoms with van der Waals surface area (Å²) in [5.41, 5.74) is 11.0. The van der Waals surface area contributed by atoms with Crippen molar-refractivity contribution in [1.82, 2.24) is 15.1 Å². The first-order valence-corrected chi connectivity index (χ1v) is 41.2. The smallest absolute Gasteiger partial charge is 0.410 e. The van der Waals surface area contributed by atoms with Gasteiger partial charge in [0.15, 0.2) is 23.3 Å². The van der Waals surface area contributed by atoms with Crippen molar-refractivity contribution in [3.63, 3.8) is 0 Å². The summed E-state index contributed by atoms with van der Waals surface area (Å²) in [7, 11) is 0. The van der Waals surface area contributed by atoms with Gasteiger partial charge in [0.25, 0.3) is 0 Å². The van der Waals surface area contributed by atoms with Crippen molar-refractivity contribution >= 4 is 75.7 Å². The third-order valence-corrected chi connectivity index (χ3v) is 23.1. The van der Waals surface area contributed by atoms with Gasteiger partial charge in [-0.3, -0.25) is 19.3 Å². The molecule has 620 valence electrons. The fourth-order valence-corrected chi connectivity index (χ4v) is 16.6. The maximum absolute atomic E-state index is 13.7. The zero-order chi connectivity index (χ0) is 86.0. The summed E-state index contributed by atoms with van der Waals surface area (Å²) in [6, 6.07) is 76.9. The van der Waals surface area contributed by atoms with E-state index in [1.54, 1.807) is 41.3 Å². The van der Waals surface area contributed by atoms with Gasteiger partial charge in [-0.15, -0.1) is 0 Å². The molecule has 3 aliphatic heterocycles. The predicted octanol–water partition coefficient (Wildman–Crippen LogP) is 22.8. The Bertz CT molecular complexity index is 5610. The quantitative estimate of drug-likeness (QED) is 0.0493. The molecule has 0 aliphatic carbocycles. The highest BCUT2D eigenvalue weighted by atomic mass is 35.5. The Labute approximate surface area is 718 Å². The van der Waals surface area contributed by atoms with Crippen molar-refractivity contribution in [3.8, 4) is 62.9 Å². The molecule has 23 heteroatoms. The van der Waals surface area contributed by atoms with Crippen molar-refractivity contribution in [2.24, 2.45) is 11.8 Å². The Morgan fingerprint density at radius 3 is 1.35 bits per heavy atom. The topological polar surface area (TPSA) is 226 Å². The normalized spacial score (nSPS) is 15.2. The van der Waals surface area contributed by atoms with Crippen LogP contribution in [0.15, 0.2) is 241 Å². The van der Waals surface area contributed by atoms with Crippen LogP contribution in [-0.4, -0.2) is 85.1 Å². The van der Waals surface area contributed by atoms with E-state index in [1.165, 1.54) is 17.7 Å². The number of piperidine rings is 3. The maximum atomic E-state index is 13.7. The number of hydrogen-bond acceptors (Lipinski definition) is 12. The number of halogens is 7. The molecule has 4 amide bonds. The highest BCUT2D eigenvalue weighted by Gasteiger charge is 2.43. The molecule has 11 aromatic rings. The van der Waals surface area contributed by atoms with E-state index in [1.807, 2.05) is 150 Å². The summed E-state index contributed by atoms with van der Waals surface area (Å²) in [5, 5.41) is 41.0. The molecule has 0 spiro atoms. The van der Waals surface area contributed by atoms with Crippen LogP contribution >= 0.6 is 34.8 Å². The lowest BCUT2D eigenvalue weighted by molar-refractivity contribution is -0.135. The van der Waals surface area contributed by atoms with E-state index in [0.717, 1.165) is 125 Å². The molecule has 2 atom stereocenters. The van der Waals surface area contributed by atoms with E-state index in [9.17, 15) is 52.5 Å². The van der Waals surface area contributed by atoms with Crippen LogP contribution in [0.4, 0.5) is 39.4 Å². The van der Waals surface area contributed by atoms with Gasteiger partial charge >= 0.3 is 6.09 Å². The van der Waals surface area contributed by atoms with Crippen LogP contribution in [0.25, 0.3) is 44.7 Å². The van der Waals surface area contributed by atoms with Crippen LogP contribution in [0.3, 0.4) is 0 Å². The van der Waals surface area contributed by atoms with Crippen LogP contribution in [-0.2, 0) is 46.8 Å². The Hall–Kier alpha value is -11.9. The molecular formula is C98H92Cl3F4N9O7. The van der Waals surface area contributed by atoms with Crippen molar-refractivity contribution in [2.75, 3.05) is 61.8 Å². The van der Waals surface area contributed by atoms with E-state index in [-0.39, 0.29) is 53.1 Å². The van der Waals surface area contributed by atoms with Crippen molar-refractivity contribution in [2.45, 2.75) is 115 Å². The number of hydrogen-bond donors (Lipinski definition) is 4. The number of benzene rings is 10. The van der Waals surface area contributed by atoms with E-state index in [0.29, 0.717) is 95.6 Å². The van der Waals surface area contributed by atoms with Crippen molar-refractivity contribution in [1.29, 1.82) is 15.8 Å². The molecule has 0 bridgehead atoms. The van der Waals surface area contributed by atoms with Crippen molar-refractivity contribution in [3.05, 3.63) is 314 Å². The lowest BCUT2D eigenvalue weighted by Gasteiger charge is -2.43. The fourth-order valence-electron chi connectivity index (χ4n) is 16.0. The molecule has 16 nitrogen and oxygen atoms in total. The highest BCUT2D eigenvalue weighted by molar-refractivity contribution is 6.35. The van der Waals surface area contributed by atoms with Gasteiger partial charge < -0.3 is 40.1 Å². The van der Waals surface area contributed by atoms with Gasteiger partial charge in [0.05, 0.1) is 47.0 Å². The largest absolute Gasteiger partial charge is 0.460 e. The number of nitriles is 3.